The van der Waals surface area contributed by atoms with E-state index in [0.29, 0.717) is 5.92 Å². The minimum Gasteiger partial charge on any atom is -0.395 e. The van der Waals surface area contributed by atoms with Crippen LogP contribution in [0.3, 0.4) is 0 Å². The molecule has 1 aliphatic rings. The van der Waals surface area contributed by atoms with Crippen molar-refractivity contribution in [2.45, 2.75) is 32.4 Å². The van der Waals surface area contributed by atoms with E-state index in [0.717, 1.165) is 18.7 Å². The van der Waals surface area contributed by atoms with Crippen LogP contribution in [-0.4, -0.2) is 41.1 Å². The number of hydrogen-bond donors (Lipinski definition) is 2. The Hall–Kier alpha value is -1.39. The number of carbonyl (C=O) groups is 1. The quantitative estimate of drug-likeness (QED) is 0.868. The van der Waals surface area contributed by atoms with Gasteiger partial charge in [-0.05, 0) is 37.9 Å². The molecule has 1 fully saturated rings. The third kappa shape index (κ3) is 3.14. The number of anilines is 1. The summed E-state index contributed by atoms with van der Waals surface area (Å²) >= 11 is 0. The zero-order chi connectivity index (χ0) is 13.8. The molecule has 0 bridgehead atoms. The molecule has 2 N–H and O–H groups in total. The van der Waals surface area contributed by atoms with Crippen molar-refractivity contribution >= 4 is 11.6 Å². The highest BCUT2D eigenvalue weighted by Gasteiger charge is 2.35. The molecule has 1 aromatic rings. The molecule has 0 radical (unpaired) electrons. The van der Waals surface area contributed by atoms with E-state index in [-0.39, 0.29) is 24.6 Å². The lowest BCUT2D eigenvalue weighted by atomic mass is 10.0. The maximum absolute atomic E-state index is 12.2. The second-order valence-electron chi connectivity index (χ2n) is 5.28. The highest BCUT2D eigenvalue weighted by Crippen LogP contribution is 2.26. The van der Waals surface area contributed by atoms with E-state index in [4.69, 9.17) is 0 Å². The molecule has 0 saturated carbocycles. The van der Waals surface area contributed by atoms with Gasteiger partial charge in [0.05, 0.1) is 12.6 Å². The lowest BCUT2D eigenvalue weighted by Gasteiger charge is -2.30. The molecule has 1 heterocycles. The maximum Gasteiger partial charge on any atom is 0.241 e. The Morgan fingerprint density at radius 2 is 2.16 bits per heavy atom. The molecule has 0 aliphatic carbocycles. The maximum atomic E-state index is 12.2. The Morgan fingerprint density at radius 1 is 1.47 bits per heavy atom. The Kier molecular flexibility index (Phi) is 4.56. The van der Waals surface area contributed by atoms with E-state index in [1.165, 1.54) is 0 Å². The van der Waals surface area contributed by atoms with Crippen LogP contribution in [0.15, 0.2) is 30.3 Å². The molecule has 4 heteroatoms. The lowest BCUT2D eigenvalue weighted by Crippen LogP contribution is -2.47. The van der Waals surface area contributed by atoms with E-state index < -0.39 is 0 Å². The Labute approximate surface area is 114 Å². The highest BCUT2D eigenvalue weighted by atomic mass is 16.3. The van der Waals surface area contributed by atoms with Crippen molar-refractivity contribution in [3.63, 3.8) is 0 Å². The molecule has 1 aliphatic heterocycles. The summed E-state index contributed by atoms with van der Waals surface area (Å²) in [4.78, 5) is 14.3. The Morgan fingerprint density at radius 3 is 2.79 bits per heavy atom. The van der Waals surface area contributed by atoms with Gasteiger partial charge in [0.15, 0.2) is 0 Å². The van der Waals surface area contributed by atoms with Gasteiger partial charge in [-0.1, -0.05) is 25.1 Å². The number of carbonyl (C=O) groups excluding carboxylic acids is 1. The molecule has 3 unspecified atom stereocenters. The van der Waals surface area contributed by atoms with Gasteiger partial charge in [-0.3, -0.25) is 9.69 Å². The SMILES string of the molecule is CC1CCN(C(C)C(=O)Nc2ccccc2)C1CO. The van der Waals surface area contributed by atoms with Gasteiger partial charge in [0.1, 0.15) is 0 Å². The molecular formula is C15H22N2O2. The molecule has 1 saturated heterocycles. The van der Waals surface area contributed by atoms with Crippen molar-refractivity contribution in [2.24, 2.45) is 5.92 Å². The number of likely N-dealkylation sites (tertiary alicyclic amines) is 1. The summed E-state index contributed by atoms with van der Waals surface area (Å²) in [6, 6.07) is 9.34. The first-order chi connectivity index (χ1) is 9.13. The van der Waals surface area contributed by atoms with E-state index in [2.05, 4.69) is 17.1 Å². The van der Waals surface area contributed by atoms with Crippen LogP contribution >= 0.6 is 0 Å². The lowest BCUT2D eigenvalue weighted by molar-refractivity contribution is -0.121. The standard InChI is InChI=1S/C15H22N2O2/c1-11-8-9-17(14(11)10-18)12(2)15(19)16-13-6-4-3-5-7-13/h3-7,11-12,14,18H,8-10H2,1-2H3,(H,16,19). The van der Waals surface area contributed by atoms with Gasteiger partial charge >= 0.3 is 0 Å². The molecular weight excluding hydrogens is 240 g/mol. The number of rotatable bonds is 4. The summed E-state index contributed by atoms with van der Waals surface area (Å²) in [6.45, 7) is 5.02. The number of aliphatic hydroxyl groups excluding tert-OH is 1. The second-order valence-corrected chi connectivity index (χ2v) is 5.28. The van der Waals surface area contributed by atoms with E-state index in [9.17, 15) is 9.90 Å². The van der Waals surface area contributed by atoms with Crippen molar-refractivity contribution in [3.8, 4) is 0 Å². The fourth-order valence-corrected chi connectivity index (χ4v) is 2.72. The molecule has 0 spiro atoms. The van der Waals surface area contributed by atoms with Gasteiger partial charge in [0.2, 0.25) is 5.91 Å². The summed E-state index contributed by atoms with van der Waals surface area (Å²) in [5.74, 6) is 0.427. The minimum atomic E-state index is -0.220. The van der Waals surface area contributed by atoms with Crippen molar-refractivity contribution < 1.29 is 9.90 Å². The first-order valence-electron chi connectivity index (χ1n) is 6.86. The summed E-state index contributed by atoms with van der Waals surface area (Å²) in [7, 11) is 0. The largest absolute Gasteiger partial charge is 0.395 e. The molecule has 104 valence electrons. The van der Waals surface area contributed by atoms with Crippen LogP contribution in [0.25, 0.3) is 0 Å². The third-order valence-electron chi connectivity index (χ3n) is 4.03. The molecule has 4 nitrogen and oxygen atoms in total. The van der Waals surface area contributed by atoms with Crippen molar-refractivity contribution in [2.75, 3.05) is 18.5 Å². The second kappa shape index (κ2) is 6.17. The molecule has 0 aromatic heterocycles. The first-order valence-corrected chi connectivity index (χ1v) is 6.86. The fourth-order valence-electron chi connectivity index (χ4n) is 2.72. The summed E-state index contributed by atoms with van der Waals surface area (Å²) < 4.78 is 0. The van der Waals surface area contributed by atoms with E-state index >= 15 is 0 Å². The van der Waals surface area contributed by atoms with Crippen LogP contribution in [0.2, 0.25) is 0 Å². The third-order valence-corrected chi connectivity index (χ3v) is 4.03. The van der Waals surface area contributed by atoms with Crippen LogP contribution in [0.1, 0.15) is 20.3 Å². The van der Waals surface area contributed by atoms with Crippen LogP contribution in [0, 0.1) is 5.92 Å². The predicted octanol–water partition coefficient (Wildman–Crippen LogP) is 1.72. The smallest absolute Gasteiger partial charge is 0.241 e. The van der Waals surface area contributed by atoms with Crippen LogP contribution in [0.5, 0.6) is 0 Å². The fraction of sp³-hybridized carbons (Fsp3) is 0.533. The van der Waals surface area contributed by atoms with Crippen molar-refractivity contribution in [1.82, 2.24) is 4.90 Å². The Balaban J connectivity index is 1.99. The van der Waals surface area contributed by atoms with Gasteiger partial charge < -0.3 is 10.4 Å². The summed E-state index contributed by atoms with van der Waals surface area (Å²) in [5.41, 5.74) is 0.812. The first kappa shape index (κ1) is 14.0. The number of aliphatic hydroxyl groups is 1. The number of para-hydroxylation sites is 1. The van der Waals surface area contributed by atoms with Gasteiger partial charge in [0.25, 0.3) is 0 Å². The zero-order valence-electron chi connectivity index (χ0n) is 11.5. The molecule has 1 aromatic carbocycles. The highest BCUT2D eigenvalue weighted by molar-refractivity contribution is 5.94. The van der Waals surface area contributed by atoms with Crippen LogP contribution in [0.4, 0.5) is 5.69 Å². The normalized spacial score (nSPS) is 25.2. The van der Waals surface area contributed by atoms with Gasteiger partial charge in [-0.25, -0.2) is 0 Å². The number of hydrogen-bond acceptors (Lipinski definition) is 3. The van der Waals surface area contributed by atoms with Gasteiger partial charge in [0, 0.05) is 11.7 Å². The Bertz CT molecular complexity index is 421. The van der Waals surface area contributed by atoms with Crippen molar-refractivity contribution in [1.29, 1.82) is 0 Å². The minimum absolute atomic E-state index is 0.0150. The average Bonchev–Trinajstić information content (AvgIpc) is 2.80. The molecule has 3 atom stereocenters. The zero-order valence-corrected chi connectivity index (χ0v) is 11.5. The molecule has 19 heavy (non-hydrogen) atoms. The number of amides is 1. The van der Waals surface area contributed by atoms with Crippen LogP contribution in [-0.2, 0) is 4.79 Å². The van der Waals surface area contributed by atoms with E-state index in [1.54, 1.807) is 0 Å². The predicted molar refractivity (Wildman–Crippen MR) is 75.9 cm³/mol. The number of benzene rings is 1. The average molecular weight is 262 g/mol. The summed E-state index contributed by atoms with van der Waals surface area (Å²) in [5, 5.41) is 12.4. The topological polar surface area (TPSA) is 52.6 Å². The summed E-state index contributed by atoms with van der Waals surface area (Å²) in [6.07, 6.45) is 1.04. The van der Waals surface area contributed by atoms with Gasteiger partial charge in [-0.2, -0.15) is 0 Å². The molecule has 2 rings (SSSR count). The number of nitrogens with one attached hydrogen (secondary N) is 1. The van der Waals surface area contributed by atoms with Crippen molar-refractivity contribution in [3.05, 3.63) is 30.3 Å². The molecule has 1 amide bonds. The van der Waals surface area contributed by atoms with Crippen LogP contribution < -0.4 is 5.32 Å². The number of nitrogens with zero attached hydrogens (tertiary/aromatic N) is 1. The van der Waals surface area contributed by atoms with Gasteiger partial charge in [-0.15, -0.1) is 0 Å². The van der Waals surface area contributed by atoms with E-state index in [1.807, 2.05) is 37.3 Å². The monoisotopic (exact) mass is 262 g/mol.